The van der Waals surface area contributed by atoms with Crippen LogP contribution in [0.2, 0.25) is 0 Å². The molecule has 2 nitrogen and oxygen atoms in total. The molecule has 0 aromatic heterocycles. The van der Waals surface area contributed by atoms with Crippen LogP contribution in [0.3, 0.4) is 0 Å². The van der Waals surface area contributed by atoms with Crippen LogP contribution < -0.4 is 11.1 Å². The van der Waals surface area contributed by atoms with Gasteiger partial charge < -0.3 is 11.1 Å². The Balaban J connectivity index is 2.22. The predicted octanol–water partition coefficient (Wildman–Crippen LogP) is 4.01. The van der Waals surface area contributed by atoms with Gasteiger partial charge in [-0.3, -0.25) is 0 Å². The predicted molar refractivity (Wildman–Crippen MR) is 80.7 cm³/mol. The van der Waals surface area contributed by atoms with Gasteiger partial charge in [0, 0.05) is 12.2 Å². The van der Waals surface area contributed by atoms with Gasteiger partial charge in [0.1, 0.15) is 5.82 Å². The van der Waals surface area contributed by atoms with Crippen molar-refractivity contribution < 1.29 is 4.39 Å². The molecule has 0 radical (unpaired) electrons. The lowest BCUT2D eigenvalue weighted by atomic mass is 10.1. The van der Waals surface area contributed by atoms with Crippen LogP contribution in [0.25, 0.3) is 0 Å². The molecule has 0 aliphatic heterocycles. The van der Waals surface area contributed by atoms with Crippen LogP contribution in [0.1, 0.15) is 17.2 Å². The highest BCUT2D eigenvalue weighted by molar-refractivity contribution is 9.10. The number of nitrogens with one attached hydrogen (secondary N) is 1. The first kappa shape index (κ1) is 14.0. The summed E-state index contributed by atoms with van der Waals surface area (Å²) in [7, 11) is 0. The molecule has 2 rings (SSSR count). The van der Waals surface area contributed by atoms with Crippen molar-refractivity contribution in [3.63, 3.8) is 0 Å². The van der Waals surface area contributed by atoms with Crippen LogP contribution in [0, 0.1) is 12.7 Å². The van der Waals surface area contributed by atoms with E-state index in [1.54, 1.807) is 12.1 Å². The Morgan fingerprint density at radius 1 is 1.26 bits per heavy atom. The van der Waals surface area contributed by atoms with Gasteiger partial charge in [0.25, 0.3) is 0 Å². The maximum atomic E-state index is 13.2. The lowest BCUT2D eigenvalue weighted by Gasteiger charge is -2.19. The smallest absolute Gasteiger partial charge is 0.137 e. The Morgan fingerprint density at radius 3 is 2.68 bits per heavy atom. The monoisotopic (exact) mass is 322 g/mol. The summed E-state index contributed by atoms with van der Waals surface area (Å²) in [5.41, 5.74) is 8.95. The van der Waals surface area contributed by atoms with Crippen molar-refractivity contribution in [2.75, 3.05) is 11.9 Å². The van der Waals surface area contributed by atoms with E-state index in [1.807, 2.05) is 25.1 Å². The molecular formula is C15H16BrFN2. The molecule has 100 valence electrons. The number of benzene rings is 2. The van der Waals surface area contributed by atoms with E-state index in [0.717, 1.165) is 11.3 Å². The molecule has 0 fully saturated rings. The molecule has 1 unspecified atom stereocenters. The van der Waals surface area contributed by atoms with Gasteiger partial charge in [-0.25, -0.2) is 4.39 Å². The first-order chi connectivity index (χ1) is 9.10. The van der Waals surface area contributed by atoms with Crippen molar-refractivity contribution in [1.29, 1.82) is 0 Å². The highest BCUT2D eigenvalue weighted by atomic mass is 79.9. The van der Waals surface area contributed by atoms with Gasteiger partial charge in [0.2, 0.25) is 0 Å². The molecule has 19 heavy (non-hydrogen) atoms. The SMILES string of the molecule is Cc1cccc(NC(CN)c2ccc(F)c(Br)c2)c1. The fourth-order valence-electron chi connectivity index (χ4n) is 1.94. The molecular weight excluding hydrogens is 307 g/mol. The minimum absolute atomic E-state index is 0.0429. The summed E-state index contributed by atoms with van der Waals surface area (Å²) in [4.78, 5) is 0. The van der Waals surface area contributed by atoms with Crippen molar-refractivity contribution in [2.45, 2.75) is 13.0 Å². The van der Waals surface area contributed by atoms with Crippen molar-refractivity contribution in [3.8, 4) is 0 Å². The topological polar surface area (TPSA) is 38.0 Å². The summed E-state index contributed by atoms with van der Waals surface area (Å²) in [6.07, 6.45) is 0. The zero-order chi connectivity index (χ0) is 13.8. The average molecular weight is 323 g/mol. The molecule has 3 N–H and O–H groups in total. The zero-order valence-electron chi connectivity index (χ0n) is 10.7. The molecule has 0 amide bonds. The first-order valence-corrected chi connectivity index (χ1v) is 6.87. The van der Waals surface area contributed by atoms with E-state index >= 15 is 0 Å². The Labute approximate surface area is 121 Å². The van der Waals surface area contributed by atoms with Crippen LogP contribution in [-0.4, -0.2) is 6.54 Å². The summed E-state index contributed by atoms with van der Waals surface area (Å²) in [5.74, 6) is -0.268. The van der Waals surface area contributed by atoms with Gasteiger partial charge in [0.05, 0.1) is 10.5 Å². The Morgan fingerprint density at radius 2 is 2.05 bits per heavy atom. The third-order valence-electron chi connectivity index (χ3n) is 2.94. The Hall–Kier alpha value is -1.39. The Kier molecular flexibility index (Phi) is 4.56. The van der Waals surface area contributed by atoms with E-state index in [9.17, 15) is 4.39 Å². The molecule has 0 bridgehead atoms. The van der Waals surface area contributed by atoms with Crippen molar-refractivity contribution in [2.24, 2.45) is 5.73 Å². The highest BCUT2D eigenvalue weighted by Gasteiger charge is 2.11. The molecule has 2 aromatic carbocycles. The number of nitrogens with two attached hydrogens (primary N) is 1. The molecule has 2 aromatic rings. The van der Waals surface area contributed by atoms with E-state index in [4.69, 9.17) is 5.73 Å². The second-order valence-electron chi connectivity index (χ2n) is 4.48. The summed E-state index contributed by atoms with van der Waals surface area (Å²) in [6, 6.07) is 13.0. The van der Waals surface area contributed by atoms with Gasteiger partial charge in [-0.05, 0) is 58.2 Å². The lowest BCUT2D eigenvalue weighted by molar-refractivity contribution is 0.619. The van der Waals surface area contributed by atoms with Crippen LogP contribution in [0.5, 0.6) is 0 Å². The summed E-state index contributed by atoms with van der Waals surface area (Å²) in [6.45, 7) is 2.48. The second-order valence-corrected chi connectivity index (χ2v) is 5.33. The first-order valence-electron chi connectivity index (χ1n) is 6.08. The van der Waals surface area contributed by atoms with Crippen LogP contribution in [-0.2, 0) is 0 Å². The molecule has 0 aliphatic rings. The number of anilines is 1. The van der Waals surface area contributed by atoms with E-state index in [1.165, 1.54) is 11.6 Å². The summed E-state index contributed by atoms with van der Waals surface area (Å²) >= 11 is 3.20. The summed E-state index contributed by atoms with van der Waals surface area (Å²) in [5, 5.41) is 3.36. The van der Waals surface area contributed by atoms with Crippen molar-refractivity contribution in [3.05, 3.63) is 63.9 Å². The second kappa shape index (κ2) is 6.17. The zero-order valence-corrected chi connectivity index (χ0v) is 12.2. The van der Waals surface area contributed by atoms with Gasteiger partial charge in [0.15, 0.2) is 0 Å². The summed E-state index contributed by atoms with van der Waals surface area (Å²) < 4.78 is 13.7. The molecule has 0 aliphatic carbocycles. The van der Waals surface area contributed by atoms with Gasteiger partial charge in [-0.1, -0.05) is 18.2 Å². The number of hydrogen-bond acceptors (Lipinski definition) is 2. The number of hydrogen-bond donors (Lipinski definition) is 2. The normalized spacial score (nSPS) is 12.2. The maximum Gasteiger partial charge on any atom is 0.137 e. The molecule has 0 spiro atoms. The van der Waals surface area contributed by atoms with Gasteiger partial charge >= 0.3 is 0 Å². The molecule has 0 saturated carbocycles. The average Bonchev–Trinajstić information content (AvgIpc) is 2.39. The van der Waals surface area contributed by atoms with E-state index in [0.29, 0.717) is 11.0 Å². The minimum Gasteiger partial charge on any atom is -0.377 e. The maximum absolute atomic E-state index is 13.2. The third-order valence-corrected chi connectivity index (χ3v) is 3.55. The lowest BCUT2D eigenvalue weighted by Crippen LogP contribution is -2.20. The number of aryl methyl sites for hydroxylation is 1. The van der Waals surface area contributed by atoms with E-state index < -0.39 is 0 Å². The third kappa shape index (κ3) is 3.55. The number of halogens is 2. The minimum atomic E-state index is -0.268. The Bertz CT molecular complexity index is 572. The molecule has 0 heterocycles. The van der Waals surface area contributed by atoms with Crippen molar-refractivity contribution in [1.82, 2.24) is 0 Å². The van der Waals surface area contributed by atoms with E-state index in [2.05, 4.69) is 27.3 Å². The molecule has 0 saturated heterocycles. The molecule has 1 atom stereocenters. The van der Waals surface area contributed by atoms with Gasteiger partial charge in [-0.2, -0.15) is 0 Å². The van der Waals surface area contributed by atoms with E-state index in [-0.39, 0.29) is 11.9 Å². The fraction of sp³-hybridized carbons (Fsp3) is 0.200. The highest BCUT2D eigenvalue weighted by Crippen LogP contribution is 2.24. The van der Waals surface area contributed by atoms with Crippen molar-refractivity contribution >= 4 is 21.6 Å². The number of rotatable bonds is 4. The molecule has 4 heteroatoms. The standard InChI is InChI=1S/C15H16BrFN2/c1-10-3-2-4-12(7-10)19-15(9-18)11-5-6-14(17)13(16)8-11/h2-8,15,19H,9,18H2,1H3. The van der Waals surface area contributed by atoms with Crippen LogP contribution >= 0.6 is 15.9 Å². The quantitative estimate of drug-likeness (QED) is 0.892. The fourth-order valence-corrected chi connectivity index (χ4v) is 2.34. The van der Waals surface area contributed by atoms with Crippen LogP contribution in [0.15, 0.2) is 46.9 Å². The van der Waals surface area contributed by atoms with Gasteiger partial charge in [-0.15, -0.1) is 0 Å². The largest absolute Gasteiger partial charge is 0.377 e. The van der Waals surface area contributed by atoms with Crippen LogP contribution in [0.4, 0.5) is 10.1 Å².